The molecule has 2 saturated heterocycles. The second-order valence-corrected chi connectivity index (χ2v) is 21.6. The van der Waals surface area contributed by atoms with E-state index in [0.29, 0.717) is 39.0 Å². The van der Waals surface area contributed by atoms with Crippen LogP contribution in [0.2, 0.25) is 0 Å². The van der Waals surface area contributed by atoms with Crippen molar-refractivity contribution in [1.29, 1.82) is 0 Å². The number of amides is 4. The van der Waals surface area contributed by atoms with Crippen molar-refractivity contribution in [3.8, 4) is 0 Å². The average molecular weight is 1000 g/mol. The van der Waals surface area contributed by atoms with Crippen LogP contribution < -0.4 is 5.73 Å². The third kappa shape index (κ3) is 17.5. The minimum Gasteiger partial charge on any atom is -0.444 e. The molecule has 14 heteroatoms. The molecule has 73 heavy (non-hydrogen) atoms. The normalized spacial score (nSPS) is 18.0. The topological polar surface area (TPSA) is 183 Å². The molecule has 2 aliphatic rings. The number of ether oxygens (including phenoxy) is 2. The van der Waals surface area contributed by atoms with Gasteiger partial charge in [-0.25, -0.2) is 9.59 Å². The fraction of sp³-hybridized carbons (Fsp3) is 0.508. The van der Waals surface area contributed by atoms with Gasteiger partial charge in [0.2, 0.25) is 11.8 Å². The molecule has 2 heterocycles. The standard InChI is InChI=1S/C31H42N2O5.C28H39N3O4/c1-6-11-23-14-10-15-25(19-23)20-26(18-22(2)34)28(35)27-29(36)32(21-24-12-8-7-9-13-24)16-17-33(27)30(37)38-31(3,4)5;1-5-10-20-13-9-14-22(17-20)18-23(29)25(32)24-26(33)30(19-21-11-7-6-8-12-21)15-16-31(24)27(34)35-28(2,3)4/h7-10,12-15,19,26-28,35H,6,11,16-18,20-21H2,1-5H3;6-9,11-14,17,23-25,32H,5,10,15-16,18-19,29H2,1-4H3/t26-,27-,28-;23-,24-,25-/m00/s1. The summed E-state index contributed by atoms with van der Waals surface area (Å²) in [7, 11) is 0. The molecule has 0 saturated carbocycles. The van der Waals surface area contributed by atoms with Gasteiger partial charge < -0.3 is 40.0 Å². The Balaban J connectivity index is 0.000000272. The highest BCUT2D eigenvalue weighted by atomic mass is 16.6. The van der Waals surface area contributed by atoms with Gasteiger partial charge in [-0.3, -0.25) is 19.4 Å². The Morgan fingerprint density at radius 3 is 1.36 bits per heavy atom. The Labute approximate surface area is 433 Å². The first-order valence-corrected chi connectivity index (χ1v) is 26.0. The fourth-order valence-corrected chi connectivity index (χ4v) is 9.50. The predicted octanol–water partition coefficient (Wildman–Crippen LogP) is 8.30. The molecule has 4 aromatic carbocycles. The maximum absolute atomic E-state index is 13.9. The van der Waals surface area contributed by atoms with Crippen molar-refractivity contribution >= 4 is 29.8 Å². The van der Waals surface area contributed by atoms with Crippen molar-refractivity contribution in [1.82, 2.24) is 19.6 Å². The number of ketones is 1. The van der Waals surface area contributed by atoms with Gasteiger partial charge in [0.05, 0.1) is 12.2 Å². The third-order valence-electron chi connectivity index (χ3n) is 12.9. The van der Waals surface area contributed by atoms with E-state index in [9.17, 15) is 34.2 Å². The molecule has 14 nitrogen and oxygen atoms in total. The van der Waals surface area contributed by atoms with Crippen molar-refractivity contribution in [2.45, 2.75) is 162 Å². The zero-order chi connectivity index (χ0) is 53.5. The van der Waals surface area contributed by atoms with Crippen LogP contribution in [0.25, 0.3) is 0 Å². The van der Waals surface area contributed by atoms with Gasteiger partial charge in [-0.15, -0.1) is 0 Å². The number of aliphatic hydroxyl groups is 2. The van der Waals surface area contributed by atoms with E-state index in [0.717, 1.165) is 47.9 Å². The van der Waals surface area contributed by atoms with Crippen LogP contribution in [0.3, 0.4) is 0 Å². The lowest BCUT2D eigenvalue weighted by Gasteiger charge is -2.44. The molecular weight excluding hydrogens is 923 g/mol. The maximum atomic E-state index is 13.9. The van der Waals surface area contributed by atoms with Gasteiger partial charge in [0.15, 0.2) is 0 Å². The van der Waals surface area contributed by atoms with Crippen molar-refractivity contribution in [2.24, 2.45) is 11.7 Å². The van der Waals surface area contributed by atoms with Crippen molar-refractivity contribution in [3.63, 3.8) is 0 Å². The van der Waals surface area contributed by atoms with Gasteiger partial charge in [0.25, 0.3) is 0 Å². The molecule has 0 aromatic heterocycles. The van der Waals surface area contributed by atoms with E-state index in [1.54, 1.807) is 51.3 Å². The summed E-state index contributed by atoms with van der Waals surface area (Å²) in [5.74, 6) is -1.28. The van der Waals surface area contributed by atoms with Crippen LogP contribution in [0.5, 0.6) is 0 Å². The van der Waals surface area contributed by atoms with Gasteiger partial charge in [-0.05, 0) is 113 Å². The fourth-order valence-electron chi connectivity index (χ4n) is 9.50. The molecule has 4 aromatic rings. The summed E-state index contributed by atoms with van der Waals surface area (Å²) in [5, 5.41) is 23.1. The molecule has 4 N–H and O–H groups in total. The number of nitrogens with zero attached hydrogens (tertiary/aromatic N) is 4. The molecule has 0 unspecified atom stereocenters. The minimum absolute atomic E-state index is 0.0769. The summed E-state index contributed by atoms with van der Waals surface area (Å²) in [6.07, 6.45) is 1.13. The molecule has 2 aliphatic heterocycles. The Morgan fingerprint density at radius 2 is 0.959 bits per heavy atom. The quantitative estimate of drug-likeness (QED) is 0.0877. The Hall–Kier alpha value is -6.09. The lowest BCUT2D eigenvalue weighted by Crippen LogP contribution is -2.65. The molecule has 6 atom stereocenters. The summed E-state index contributed by atoms with van der Waals surface area (Å²) in [6.45, 7) is 18.3. The van der Waals surface area contributed by atoms with Gasteiger partial charge in [-0.2, -0.15) is 0 Å². The van der Waals surface area contributed by atoms with Gasteiger partial charge in [0, 0.05) is 51.7 Å². The van der Waals surface area contributed by atoms with Crippen LogP contribution in [0, 0.1) is 5.92 Å². The number of hydrogen-bond donors (Lipinski definition) is 3. The van der Waals surface area contributed by atoms with Crippen LogP contribution in [-0.4, -0.2) is 127 Å². The highest BCUT2D eigenvalue weighted by Gasteiger charge is 2.47. The van der Waals surface area contributed by atoms with E-state index >= 15 is 0 Å². The van der Waals surface area contributed by atoms with Crippen LogP contribution in [-0.2, 0) is 62.6 Å². The van der Waals surface area contributed by atoms with Crippen molar-refractivity contribution < 1.29 is 43.7 Å². The van der Waals surface area contributed by atoms with E-state index in [2.05, 4.69) is 38.1 Å². The van der Waals surface area contributed by atoms with E-state index in [-0.39, 0.29) is 37.1 Å². The Kier molecular flexibility index (Phi) is 21.2. The monoisotopic (exact) mass is 1000 g/mol. The Bertz CT molecular complexity index is 2420. The molecule has 2 fully saturated rings. The molecule has 0 bridgehead atoms. The number of hydrogen-bond acceptors (Lipinski definition) is 10. The first kappa shape index (κ1) is 57.8. The van der Waals surface area contributed by atoms with E-state index in [4.69, 9.17) is 15.2 Å². The number of piperazine rings is 2. The predicted molar refractivity (Wildman–Crippen MR) is 284 cm³/mol. The first-order valence-electron chi connectivity index (χ1n) is 26.0. The second kappa shape index (κ2) is 26.7. The maximum Gasteiger partial charge on any atom is 0.411 e. The lowest BCUT2D eigenvalue weighted by molar-refractivity contribution is -0.150. The van der Waals surface area contributed by atoms with E-state index in [1.165, 1.54) is 27.9 Å². The summed E-state index contributed by atoms with van der Waals surface area (Å²) in [5.41, 5.74) is 11.3. The SMILES string of the molecule is CCCc1cccc(C[C@H](CC(C)=O)[C@H](O)[C@H]2C(=O)N(Cc3ccccc3)CCN2C(=O)OC(C)(C)C)c1.CCCc1cccc(C[C@H](N)[C@H](O)[C@H]2C(=O)N(Cc3ccccc3)CCN2C(=O)OC(C)(C)C)c1. The number of Topliss-reactive ketones (excluding diaryl/α,β-unsaturated/α-hetero) is 1. The molecule has 6 rings (SSSR count). The second-order valence-electron chi connectivity index (χ2n) is 21.6. The zero-order valence-electron chi connectivity index (χ0n) is 44.7. The van der Waals surface area contributed by atoms with Gasteiger partial charge >= 0.3 is 12.2 Å². The molecule has 0 radical (unpaired) electrons. The van der Waals surface area contributed by atoms with Crippen LogP contribution in [0.4, 0.5) is 9.59 Å². The highest BCUT2D eigenvalue weighted by molar-refractivity contribution is 5.88. The number of carbonyl (C=O) groups is 5. The van der Waals surface area contributed by atoms with Crippen LogP contribution in [0.1, 0.15) is 115 Å². The molecular formula is C59H81N5O9. The third-order valence-corrected chi connectivity index (χ3v) is 12.9. The summed E-state index contributed by atoms with van der Waals surface area (Å²) >= 11 is 0. The zero-order valence-corrected chi connectivity index (χ0v) is 44.7. The van der Waals surface area contributed by atoms with Crippen LogP contribution in [0.15, 0.2) is 109 Å². The number of carbonyl (C=O) groups excluding carboxylic acids is 5. The summed E-state index contributed by atoms with van der Waals surface area (Å²) in [4.78, 5) is 72.0. The number of aryl methyl sites for hydroxylation is 2. The largest absolute Gasteiger partial charge is 0.444 e. The summed E-state index contributed by atoms with van der Waals surface area (Å²) < 4.78 is 11.2. The van der Waals surface area contributed by atoms with E-state index in [1.807, 2.05) is 84.9 Å². The van der Waals surface area contributed by atoms with Gasteiger partial charge in [0.1, 0.15) is 29.1 Å². The molecule has 0 aliphatic carbocycles. The van der Waals surface area contributed by atoms with Gasteiger partial charge in [-0.1, -0.05) is 136 Å². The molecule has 0 spiro atoms. The van der Waals surface area contributed by atoms with Crippen LogP contribution >= 0.6 is 0 Å². The number of nitrogens with two attached hydrogens (primary N) is 1. The number of benzene rings is 4. The average Bonchev–Trinajstić information content (AvgIpc) is 3.32. The molecule has 4 amide bonds. The smallest absolute Gasteiger partial charge is 0.411 e. The summed E-state index contributed by atoms with van der Waals surface area (Å²) in [6, 6.07) is 32.6. The van der Waals surface area contributed by atoms with Crippen molar-refractivity contribution in [2.75, 3.05) is 26.2 Å². The van der Waals surface area contributed by atoms with Crippen molar-refractivity contribution in [3.05, 3.63) is 143 Å². The minimum atomic E-state index is -1.25. The molecule has 396 valence electrons. The first-order chi connectivity index (χ1) is 34.6. The number of aliphatic hydroxyl groups excluding tert-OH is 2. The lowest BCUT2D eigenvalue weighted by atomic mass is 9.84. The number of rotatable bonds is 18. The Morgan fingerprint density at radius 1 is 0.575 bits per heavy atom. The highest BCUT2D eigenvalue weighted by Crippen LogP contribution is 2.29. The van der Waals surface area contributed by atoms with E-state index < -0.39 is 59.6 Å².